The maximum atomic E-state index is 12.7. The van der Waals surface area contributed by atoms with Crippen LogP contribution in [0, 0.1) is 0 Å². The van der Waals surface area contributed by atoms with Gasteiger partial charge in [0.25, 0.3) is 5.91 Å². The molecule has 0 saturated carbocycles. The lowest BCUT2D eigenvalue weighted by molar-refractivity contribution is 0.0539. The standard InChI is InChI=1S/C16H25N3O2/c1-3-8-18-15-7-9-17-11-14(15)16(20)19(4-2)12-13-6-5-10-21-13/h7,9,11,13H,3-6,8,10,12H2,1-2H3,(H,17,18). The highest BCUT2D eigenvalue weighted by Crippen LogP contribution is 2.19. The van der Waals surface area contributed by atoms with Crippen molar-refractivity contribution in [2.45, 2.75) is 39.2 Å². The number of carbonyl (C=O) groups is 1. The third-order valence-corrected chi connectivity index (χ3v) is 3.73. The number of nitrogens with one attached hydrogen (secondary N) is 1. The summed E-state index contributed by atoms with van der Waals surface area (Å²) < 4.78 is 5.64. The molecule has 1 N–H and O–H groups in total. The molecule has 1 fully saturated rings. The highest BCUT2D eigenvalue weighted by molar-refractivity contribution is 5.99. The Labute approximate surface area is 126 Å². The first kappa shape index (κ1) is 15.8. The van der Waals surface area contributed by atoms with Crippen LogP contribution in [0.25, 0.3) is 0 Å². The molecule has 0 radical (unpaired) electrons. The van der Waals surface area contributed by atoms with Gasteiger partial charge in [0.1, 0.15) is 0 Å². The number of hydrogen-bond donors (Lipinski definition) is 1. The Kier molecular flexibility index (Phi) is 5.99. The molecule has 0 bridgehead atoms. The Bertz CT molecular complexity index is 459. The van der Waals surface area contributed by atoms with Crippen molar-refractivity contribution in [2.75, 3.05) is 31.6 Å². The molecule has 1 aromatic rings. The first-order valence-corrected chi connectivity index (χ1v) is 7.85. The number of amides is 1. The monoisotopic (exact) mass is 291 g/mol. The number of anilines is 1. The fourth-order valence-corrected chi connectivity index (χ4v) is 2.54. The fourth-order valence-electron chi connectivity index (χ4n) is 2.54. The Morgan fingerprint density at radius 2 is 2.38 bits per heavy atom. The van der Waals surface area contributed by atoms with Crippen LogP contribution in [0.2, 0.25) is 0 Å². The van der Waals surface area contributed by atoms with Crippen molar-refractivity contribution in [3.63, 3.8) is 0 Å². The summed E-state index contributed by atoms with van der Waals surface area (Å²) in [6.07, 6.45) is 6.69. The molecule has 21 heavy (non-hydrogen) atoms. The van der Waals surface area contributed by atoms with E-state index < -0.39 is 0 Å². The summed E-state index contributed by atoms with van der Waals surface area (Å²) in [5.41, 5.74) is 1.51. The quantitative estimate of drug-likeness (QED) is 0.839. The molecule has 1 atom stereocenters. The Hall–Kier alpha value is -1.62. The van der Waals surface area contributed by atoms with Gasteiger partial charge < -0.3 is 15.0 Å². The van der Waals surface area contributed by atoms with Gasteiger partial charge in [-0.1, -0.05) is 6.92 Å². The number of pyridine rings is 1. The van der Waals surface area contributed by atoms with Crippen LogP contribution in [-0.4, -0.2) is 48.1 Å². The topological polar surface area (TPSA) is 54.5 Å². The van der Waals surface area contributed by atoms with Crippen LogP contribution in [-0.2, 0) is 4.74 Å². The van der Waals surface area contributed by atoms with E-state index in [0.717, 1.165) is 38.1 Å². The van der Waals surface area contributed by atoms with Crippen molar-refractivity contribution in [2.24, 2.45) is 0 Å². The van der Waals surface area contributed by atoms with Crippen molar-refractivity contribution in [1.82, 2.24) is 9.88 Å². The van der Waals surface area contributed by atoms with E-state index >= 15 is 0 Å². The zero-order chi connectivity index (χ0) is 15.1. The largest absolute Gasteiger partial charge is 0.384 e. The Balaban J connectivity index is 2.08. The second-order valence-electron chi connectivity index (χ2n) is 5.33. The van der Waals surface area contributed by atoms with E-state index in [4.69, 9.17) is 4.74 Å². The lowest BCUT2D eigenvalue weighted by Crippen LogP contribution is -2.37. The molecule has 0 aliphatic carbocycles. The number of carbonyl (C=O) groups excluding carboxylic acids is 1. The van der Waals surface area contributed by atoms with Gasteiger partial charge in [0.05, 0.1) is 17.4 Å². The van der Waals surface area contributed by atoms with E-state index in [1.54, 1.807) is 12.4 Å². The molecule has 2 heterocycles. The molecule has 1 aliphatic rings. The van der Waals surface area contributed by atoms with Gasteiger partial charge in [-0.05, 0) is 32.3 Å². The molecule has 1 amide bonds. The van der Waals surface area contributed by atoms with Gasteiger partial charge in [-0.25, -0.2) is 0 Å². The van der Waals surface area contributed by atoms with Gasteiger partial charge >= 0.3 is 0 Å². The number of hydrogen-bond acceptors (Lipinski definition) is 4. The smallest absolute Gasteiger partial charge is 0.257 e. The summed E-state index contributed by atoms with van der Waals surface area (Å²) >= 11 is 0. The predicted molar refractivity (Wildman–Crippen MR) is 83.6 cm³/mol. The molecule has 5 heteroatoms. The van der Waals surface area contributed by atoms with Crippen molar-refractivity contribution >= 4 is 11.6 Å². The third-order valence-electron chi connectivity index (χ3n) is 3.73. The number of likely N-dealkylation sites (N-methyl/N-ethyl adjacent to an activating group) is 1. The van der Waals surface area contributed by atoms with E-state index in [-0.39, 0.29) is 12.0 Å². The van der Waals surface area contributed by atoms with Gasteiger partial charge in [-0.15, -0.1) is 0 Å². The molecule has 5 nitrogen and oxygen atoms in total. The van der Waals surface area contributed by atoms with Gasteiger partial charge in [-0.2, -0.15) is 0 Å². The van der Waals surface area contributed by atoms with E-state index in [1.807, 2.05) is 17.9 Å². The zero-order valence-electron chi connectivity index (χ0n) is 13.0. The predicted octanol–water partition coefficient (Wildman–Crippen LogP) is 2.54. The molecule has 1 saturated heterocycles. The zero-order valence-corrected chi connectivity index (χ0v) is 13.0. The highest BCUT2D eigenvalue weighted by atomic mass is 16.5. The third kappa shape index (κ3) is 4.17. The van der Waals surface area contributed by atoms with E-state index in [9.17, 15) is 4.79 Å². The van der Waals surface area contributed by atoms with Crippen molar-refractivity contribution in [1.29, 1.82) is 0 Å². The van der Waals surface area contributed by atoms with Crippen LogP contribution >= 0.6 is 0 Å². The minimum absolute atomic E-state index is 0.0275. The van der Waals surface area contributed by atoms with Gasteiger partial charge in [-0.3, -0.25) is 9.78 Å². The molecule has 0 spiro atoms. The summed E-state index contributed by atoms with van der Waals surface area (Å²) in [7, 11) is 0. The second kappa shape index (κ2) is 7.98. The summed E-state index contributed by atoms with van der Waals surface area (Å²) in [5, 5.41) is 3.30. The number of ether oxygens (including phenoxy) is 1. The first-order chi connectivity index (χ1) is 10.3. The van der Waals surface area contributed by atoms with E-state index in [2.05, 4.69) is 17.2 Å². The lowest BCUT2D eigenvalue weighted by atomic mass is 10.1. The van der Waals surface area contributed by atoms with Crippen LogP contribution in [0.15, 0.2) is 18.5 Å². The maximum Gasteiger partial charge on any atom is 0.257 e. The van der Waals surface area contributed by atoms with Gasteiger partial charge in [0, 0.05) is 38.6 Å². The highest BCUT2D eigenvalue weighted by Gasteiger charge is 2.23. The average molecular weight is 291 g/mol. The van der Waals surface area contributed by atoms with E-state index in [1.165, 1.54) is 0 Å². The first-order valence-electron chi connectivity index (χ1n) is 7.85. The van der Waals surface area contributed by atoms with Crippen LogP contribution in [0.1, 0.15) is 43.5 Å². The summed E-state index contributed by atoms with van der Waals surface area (Å²) in [6, 6.07) is 1.86. The molecule has 0 aromatic carbocycles. The van der Waals surface area contributed by atoms with Gasteiger partial charge in [0.2, 0.25) is 0 Å². The van der Waals surface area contributed by atoms with Crippen LogP contribution < -0.4 is 5.32 Å². The minimum atomic E-state index is 0.0275. The van der Waals surface area contributed by atoms with Crippen LogP contribution in [0.3, 0.4) is 0 Å². The summed E-state index contributed by atoms with van der Waals surface area (Å²) in [5.74, 6) is 0.0275. The lowest BCUT2D eigenvalue weighted by Gasteiger charge is -2.25. The molecular weight excluding hydrogens is 266 g/mol. The SMILES string of the molecule is CCCNc1ccncc1C(=O)N(CC)CC1CCCO1. The molecule has 1 unspecified atom stereocenters. The number of rotatable bonds is 7. The fraction of sp³-hybridized carbons (Fsp3) is 0.625. The van der Waals surface area contributed by atoms with E-state index in [0.29, 0.717) is 18.7 Å². The summed E-state index contributed by atoms with van der Waals surface area (Å²) in [6.45, 7) is 7.11. The van der Waals surface area contributed by atoms with Crippen molar-refractivity contribution in [3.8, 4) is 0 Å². The second-order valence-corrected chi connectivity index (χ2v) is 5.33. The molecular formula is C16H25N3O2. The number of nitrogens with zero attached hydrogens (tertiary/aromatic N) is 2. The van der Waals surface area contributed by atoms with Crippen molar-refractivity contribution in [3.05, 3.63) is 24.0 Å². The Morgan fingerprint density at radius 3 is 3.05 bits per heavy atom. The van der Waals surface area contributed by atoms with Gasteiger partial charge in [0.15, 0.2) is 0 Å². The minimum Gasteiger partial charge on any atom is -0.384 e. The normalized spacial score (nSPS) is 17.7. The van der Waals surface area contributed by atoms with Crippen molar-refractivity contribution < 1.29 is 9.53 Å². The number of aromatic nitrogens is 1. The maximum absolute atomic E-state index is 12.7. The molecule has 1 aromatic heterocycles. The average Bonchev–Trinajstić information content (AvgIpc) is 3.03. The summed E-state index contributed by atoms with van der Waals surface area (Å²) in [4.78, 5) is 18.7. The van der Waals surface area contributed by atoms with Crippen LogP contribution in [0.5, 0.6) is 0 Å². The molecule has 2 rings (SSSR count). The van der Waals surface area contributed by atoms with Crippen LogP contribution in [0.4, 0.5) is 5.69 Å². The molecule has 116 valence electrons. The molecule has 1 aliphatic heterocycles. The Morgan fingerprint density at radius 1 is 1.52 bits per heavy atom.